The lowest BCUT2D eigenvalue weighted by Gasteiger charge is -2.18. The molecule has 2 N–H and O–H groups in total. The number of hydrogen-bond acceptors (Lipinski definition) is 2. The molecule has 1 saturated carbocycles. The molecule has 1 fully saturated rings. The first-order chi connectivity index (χ1) is 10.8. The molecule has 0 saturated heterocycles. The number of benzene rings is 1. The van der Waals surface area contributed by atoms with Crippen LogP contribution in [0.5, 0.6) is 5.75 Å². The van der Waals surface area contributed by atoms with E-state index in [0.717, 1.165) is 37.8 Å². The van der Waals surface area contributed by atoms with Crippen LogP contribution in [-0.4, -0.2) is 24.6 Å². The van der Waals surface area contributed by atoms with Crippen LogP contribution in [0.3, 0.4) is 0 Å². The molecule has 1 aliphatic rings. The van der Waals surface area contributed by atoms with Crippen molar-refractivity contribution in [3.63, 3.8) is 0 Å². The maximum Gasteiger partial charge on any atom is 0.461 e. The monoisotopic (exact) mass is 338 g/mol. The summed E-state index contributed by atoms with van der Waals surface area (Å²) in [6.07, 6.45) is -5.18. The van der Waals surface area contributed by atoms with Crippen LogP contribution < -0.4 is 15.4 Å². The summed E-state index contributed by atoms with van der Waals surface area (Å²) in [4.78, 5) is 11.7. The van der Waals surface area contributed by atoms with Crippen molar-refractivity contribution in [1.82, 2.24) is 5.32 Å². The average Bonchev–Trinajstić information content (AvgIpc) is 2.89. The zero-order valence-corrected chi connectivity index (χ0v) is 11.9. The molecule has 2 amide bonds. The number of ether oxygens (including phenoxy) is 1. The summed E-state index contributed by atoms with van der Waals surface area (Å²) in [5.41, 5.74) is -0.180. The Bertz CT molecular complexity index is 562. The van der Waals surface area contributed by atoms with Gasteiger partial charge in [-0.1, -0.05) is 12.8 Å². The minimum Gasteiger partial charge on any atom is -0.428 e. The highest BCUT2D eigenvalue weighted by Gasteiger charge is 2.44. The first kappa shape index (κ1) is 17.3. The first-order valence-electron chi connectivity index (χ1n) is 6.99. The number of carbonyl (C=O) groups is 1. The van der Waals surface area contributed by atoms with Gasteiger partial charge >= 0.3 is 18.6 Å². The van der Waals surface area contributed by atoms with Gasteiger partial charge in [0.15, 0.2) is 0 Å². The third-order valence-electron chi connectivity index (χ3n) is 3.33. The highest BCUT2D eigenvalue weighted by atomic mass is 19.3. The van der Waals surface area contributed by atoms with E-state index in [4.69, 9.17) is 0 Å². The highest BCUT2D eigenvalue weighted by Crippen LogP contribution is 2.29. The molecule has 0 aromatic heterocycles. The summed E-state index contributed by atoms with van der Waals surface area (Å²) in [5.74, 6) is -1.82. The van der Waals surface area contributed by atoms with Gasteiger partial charge in [0.05, 0.1) is 0 Å². The Balaban J connectivity index is 2.03. The molecule has 23 heavy (non-hydrogen) atoms. The molecule has 0 atom stereocenters. The van der Waals surface area contributed by atoms with E-state index in [-0.39, 0.29) is 11.7 Å². The second-order valence-corrected chi connectivity index (χ2v) is 5.22. The number of nitrogens with one attached hydrogen (secondary N) is 2. The van der Waals surface area contributed by atoms with Gasteiger partial charge in [-0.15, -0.1) is 0 Å². The summed E-state index contributed by atoms with van der Waals surface area (Å²) < 4.78 is 67.0. The number of hydrogen-bond donors (Lipinski definition) is 2. The predicted octanol–water partition coefficient (Wildman–Crippen LogP) is 4.13. The molecule has 0 spiro atoms. The van der Waals surface area contributed by atoms with E-state index < -0.39 is 30.1 Å². The van der Waals surface area contributed by atoms with Crippen molar-refractivity contribution in [2.45, 2.75) is 44.3 Å². The number of urea groups is 1. The van der Waals surface area contributed by atoms with Gasteiger partial charge in [0.2, 0.25) is 0 Å². The van der Waals surface area contributed by atoms with Gasteiger partial charge in [0, 0.05) is 23.9 Å². The van der Waals surface area contributed by atoms with E-state index in [1.54, 1.807) is 0 Å². The number of rotatable bonds is 5. The average molecular weight is 338 g/mol. The summed E-state index contributed by atoms with van der Waals surface area (Å²) in [7, 11) is 0. The fraction of sp³-hybridized carbons (Fsp3) is 0.500. The van der Waals surface area contributed by atoms with Gasteiger partial charge in [-0.25, -0.2) is 9.18 Å². The van der Waals surface area contributed by atoms with E-state index in [0.29, 0.717) is 6.07 Å². The maximum absolute atomic E-state index is 13.4. The van der Waals surface area contributed by atoms with Crippen molar-refractivity contribution >= 4 is 11.7 Å². The smallest absolute Gasteiger partial charge is 0.428 e. The lowest BCUT2D eigenvalue weighted by atomic mass is 10.2. The molecule has 1 aliphatic carbocycles. The van der Waals surface area contributed by atoms with E-state index in [1.807, 2.05) is 0 Å². The quantitative estimate of drug-likeness (QED) is 0.793. The Morgan fingerprint density at radius 1 is 1.22 bits per heavy atom. The summed E-state index contributed by atoms with van der Waals surface area (Å²) >= 11 is 0. The van der Waals surface area contributed by atoms with Crippen LogP contribution >= 0.6 is 0 Å². The molecule has 0 radical (unpaired) electrons. The lowest BCUT2D eigenvalue weighted by molar-refractivity contribution is -0.253. The molecule has 1 aromatic carbocycles. The number of alkyl halides is 4. The normalized spacial score (nSPS) is 15.7. The predicted molar refractivity (Wildman–Crippen MR) is 72.4 cm³/mol. The molecule has 2 rings (SSSR count). The van der Waals surface area contributed by atoms with Crippen LogP contribution in [0.25, 0.3) is 0 Å². The molecule has 1 aromatic rings. The van der Waals surface area contributed by atoms with Gasteiger partial charge in [-0.2, -0.15) is 17.6 Å². The number of anilines is 1. The Morgan fingerprint density at radius 3 is 2.48 bits per heavy atom. The van der Waals surface area contributed by atoms with E-state index in [1.165, 1.54) is 0 Å². The van der Waals surface area contributed by atoms with Gasteiger partial charge in [0.25, 0.3) is 0 Å². The van der Waals surface area contributed by atoms with Crippen LogP contribution in [0.15, 0.2) is 18.2 Å². The topological polar surface area (TPSA) is 50.4 Å². The molecule has 4 nitrogen and oxygen atoms in total. The zero-order valence-electron chi connectivity index (χ0n) is 11.9. The van der Waals surface area contributed by atoms with Gasteiger partial charge in [0.1, 0.15) is 11.6 Å². The fourth-order valence-corrected chi connectivity index (χ4v) is 2.32. The van der Waals surface area contributed by atoms with Crippen LogP contribution in [0.1, 0.15) is 25.7 Å². The Hall–Kier alpha value is -2.06. The van der Waals surface area contributed by atoms with Crippen molar-refractivity contribution in [3.05, 3.63) is 24.0 Å². The van der Waals surface area contributed by atoms with Crippen molar-refractivity contribution in [2.75, 3.05) is 5.32 Å². The summed E-state index contributed by atoms with van der Waals surface area (Å²) in [6.45, 7) is 0. The van der Waals surface area contributed by atoms with Gasteiger partial charge in [-0.05, 0) is 18.9 Å². The van der Waals surface area contributed by atoms with Crippen molar-refractivity contribution in [3.8, 4) is 5.75 Å². The Labute approximate surface area is 129 Å². The van der Waals surface area contributed by atoms with Crippen LogP contribution in [0, 0.1) is 5.82 Å². The van der Waals surface area contributed by atoms with Crippen molar-refractivity contribution in [2.24, 2.45) is 0 Å². The SMILES string of the molecule is O=C(Nc1cc(F)cc(OC(F)(F)C(F)F)c1)NC1CCCC1. The fourth-order valence-electron chi connectivity index (χ4n) is 2.32. The molecule has 0 heterocycles. The summed E-state index contributed by atoms with van der Waals surface area (Å²) in [6, 6.07) is 1.60. The van der Waals surface area contributed by atoms with Gasteiger partial charge in [-0.3, -0.25) is 0 Å². The first-order valence-corrected chi connectivity index (χ1v) is 6.99. The highest BCUT2D eigenvalue weighted by molar-refractivity contribution is 5.89. The molecule has 9 heteroatoms. The minimum atomic E-state index is -4.75. The van der Waals surface area contributed by atoms with E-state index in [9.17, 15) is 26.7 Å². The van der Waals surface area contributed by atoms with Crippen molar-refractivity contribution < 1.29 is 31.5 Å². The Morgan fingerprint density at radius 2 is 1.87 bits per heavy atom. The van der Waals surface area contributed by atoms with E-state index in [2.05, 4.69) is 15.4 Å². The molecule has 0 unspecified atom stereocenters. The molecular weight excluding hydrogens is 323 g/mol. The second-order valence-electron chi connectivity index (χ2n) is 5.22. The molecule has 0 bridgehead atoms. The molecular formula is C14H15F5N2O2. The minimum absolute atomic E-state index is 0.00227. The third-order valence-corrected chi connectivity index (χ3v) is 3.33. The second kappa shape index (κ2) is 7.01. The molecule has 128 valence electrons. The number of amides is 2. The van der Waals surface area contributed by atoms with Crippen LogP contribution in [0.4, 0.5) is 32.4 Å². The standard InChI is InChI=1S/C14H15F5N2O2/c15-8-5-10(21-13(22)20-9-3-1-2-4-9)7-11(6-8)23-14(18,19)12(16)17/h5-7,9,12H,1-4H2,(H2,20,21,22). The summed E-state index contributed by atoms with van der Waals surface area (Å²) in [5, 5.41) is 4.91. The number of halogens is 5. The Kier molecular flexibility index (Phi) is 5.27. The van der Waals surface area contributed by atoms with Crippen LogP contribution in [0.2, 0.25) is 0 Å². The zero-order chi connectivity index (χ0) is 17.0. The maximum atomic E-state index is 13.4. The van der Waals surface area contributed by atoms with Gasteiger partial charge < -0.3 is 15.4 Å². The third kappa shape index (κ3) is 4.97. The molecule has 0 aliphatic heterocycles. The lowest BCUT2D eigenvalue weighted by Crippen LogP contribution is -2.36. The van der Waals surface area contributed by atoms with Crippen molar-refractivity contribution in [1.29, 1.82) is 0 Å². The van der Waals surface area contributed by atoms with Crippen LogP contribution in [-0.2, 0) is 0 Å². The number of carbonyl (C=O) groups excluding carboxylic acids is 1. The largest absolute Gasteiger partial charge is 0.461 e. The van der Waals surface area contributed by atoms with E-state index >= 15 is 0 Å².